The molecule has 0 spiro atoms. The van der Waals surface area contributed by atoms with Crippen LogP contribution in [0.25, 0.3) is 0 Å². The van der Waals surface area contributed by atoms with Gasteiger partial charge in [0, 0.05) is 11.1 Å². The van der Waals surface area contributed by atoms with Gasteiger partial charge in [-0.2, -0.15) is 0 Å². The van der Waals surface area contributed by atoms with Crippen LogP contribution in [0.5, 0.6) is 0 Å². The van der Waals surface area contributed by atoms with Crippen LogP contribution >= 0.6 is 11.3 Å². The molecule has 0 amide bonds. The van der Waals surface area contributed by atoms with Crippen molar-refractivity contribution in [1.82, 2.24) is 9.97 Å². The molecule has 0 fully saturated rings. The SMILES string of the molecule is CCC1c2ccccc2N2c3ncncc3N(c3cccs3)C2C(CC)(CC)C1C. The first-order chi connectivity index (χ1) is 14.7. The zero-order valence-electron chi connectivity index (χ0n) is 18.2. The molecule has 1 aromatic carbocycles. The number of nitrogens with zero attached hydrogens (tertiary/aromatic N) is 4. The van der Waals surface area contributed by atoms with Crippen molar-refractivity contribution in [2.75, 3.05) is 9.80 Å². The van der Waals surface area contributed by atoms with Gasteiger partial charge in [0.1, 0.15) is 18.2 Å². The van der Waals surface area contributed by atoms with Crippen molar-refractivity contribution in [3.8, 4) is 0 Å². The number of hydrogen-bond acceptors (Lipinski definition) is 5. The van der Waals surface area contributed by atoms with Crippen LogP contribution in [0.4, 0.5) is 22.2 Å². The molecule has 4 nitrogen and oxygen atoms in total. The Morgan fingerprint density at radius 1 is 1.00 bits per heavy atom. The van der Waals surface area contributed by atoms with E-state index in [1.54, 1.807) is 17.7 Å². The Labute approximate surface area is 183 Å². The topological polar surface area (TPSA) is 32.3 Å². The quantitative estimate of drug-likeness (QED) is 0.452. The lowest BCUT2D eigenvalue weighted by Gasteiger charge is -2.49. The van der Waals surface area contributed by atoms with Crippen molar-refractivity contribution in [3.63, 3.8) is 0 Å². The maximum atomic E-state index is 4.83. The molecule has 3 unspecified atom stereocenters. The summed E-state index contributed by atoms with van der Waals surface area (Å²) in [7, 11) is 0. The number of para-hydroxylation sites is 1. The van der Waals surface area contributed by atoms with Crippen LogP contribution in [0, 0.1) is 11.3 Å². The largest absolute Gasteiger partial charge is 0.306 e. The van der Waals surface area contributed by atoms with E-state index in [1.165, 1.54) is 16.3 Å². The average Bonchev–Trinajstić information content (AvgIpc) is 3.40. The first-order valence-corrected chi connectivity index (χ1v) is 12.1. The van der Waals surface area contributed by atoms with E-state index in [0.717, 1.165) is 30.8 Å². The zero-order valence-corrected chi connectivity index (χ0v) is 19.1. The van der Waals surface area contributed by atoms with Crippen molar-refractivity contribution in [2.45, 2.75) is 59.0 Å². The lowest BCUT2D eigenvalue weighted by atomic mass is 9.63. The molecule has 5 rings (SSSR count). The van der Waals surface area contributed by atoms with Crippen LogP contribution in [0.2, 0.25) is 0 Å². The van der Waals surface area contributed by atoms with Gasteiger partial charge in [0.25, 0.3) is 0 Å². The smallest absolute Gasteiger partial charge is 0.162 e. The highest BCUT2D eigenvalue weighted by Gasteiger charge is 2.56. The summed E-state index contributed by atoms with van der Waals surface area (Å²) in [5.41, 5.74) is 4.00. The number of fused-ring (bicyclic) bond motifs is 5. The second kappa shape index (κ2) is 7.38. The summed E-state index contributed by atoms with van der Waals surface area (Å²) in [6.07, 6.45) is 7.28. The molecular weight excluding hydrogens is 388 g/mol. The fraction of sp³-hybridized carbons (Fsp3) is 0.440. The molecule has 3 atom stereocenters. The molecule has 0 N–H and O–H groups in total. The number of thiophene rings is 1. The predicted molar refractivity (Wildman–Crippen MR) is 126 cm³/mol. The van der Waals surface area contributed by atoms with E-state index in [-0.39, 0.29) is 11.6 Å². The summed E-state index contributed by atoms with van der Waals surface area (Å²) in [5, 5.41) is 3.44. The Bertz CT molecular complexity index is 1030. The van der Waals surface area contributed by atoms with Crippen LogP contribution in [0.3, 0.4) is 0 Å². The molecule has 30 heavy (non-hydrogen) atoms. The van der Waals surface area contributed by atoms with Crippen LogP contribution in [-0.2, 0) is 0 Å². The highest BCUT2D eigenvalue weighted by Crippen LogP contribution is 2.61. The van der Waals surface area contributed by atoms with E-state index in [4.69, 9.17) is 4.98 Å². The number of aromatic nitrogens is 2. The van der Waals surface area contributed by atoms with Gasteiger partial charge >= 0.3 is 0 Å². The fourth-order valence-electron chi connectivity index (χ4n) is 6.20. The monoisotopic (exact) mass is 418 g/mol. The van der Waals surface area contributed by atoms with E-state index in [2.05, 4.69) is 84.3 Å². The first-order valence-electron chi connectivity index (χ1n) is 11.2. The van der Waals surface area contributed by atoms with Gasteiger partial charge in [-0.25, -0.2) is 9.97 Å². The molecule has 0 saturated carbocycles. The summed E-state index contributed by atoms with van der Waals surface area (Å²) in [5.74, 6) is 2.10. The average molecular weight is 419 g/mol. The third kappa shape index (κ3) is 2.51. The summed E-state index contributed by atoms with van der Waals surface area (Å²) < 4.78 is 0. The Balaban J connectivity index is 1.86. The minimum Gasteiger partial charge on any atom is -0.306 e. The molecule has 4 heterocycles. The van der Waals surface area contributed by atoms with Gasteiger partial charge < -0.3 is 9.80 Å². The molecule has 0 aliphatic carbocycles. The van der Waals surface area contributed by atoms with E-state index in [1.807, 2.05) is 6.20 Å². The molecule has 0 radical (unpaired) electrons. The molecule has 2 aromatic heterocycles. The number of anilines is 4. The standard InChI is InChI=1S/C25H30N4S/c1-5-18-17(4)25(6-2,7-3)24-28(22-13-10-14-30-22)21-15-26-16-27-23(21)29(24)20-12-9-8-11-19(18)20/h8-18,24H,5-7H2,1-4H3. The maximum Gasteiger partial charge on any atom is 0.162 e. The number of hydrogen-bond donors (Lipinski definition) is 0. The Morgan fingerprint density at radius 2 is 1.80 bits per heavy atom. The highest BCUT2D eigenvalue weighted by molar-refractivity contribution is 7.14. The molecule has 0 bridgehead atoms. The minimum atomic E-state index is 0.115. The van der Waals surface area contributed by atoms with Gasteiger partial charge in [0.05, 0.1) is 11.2 Å². The summed E-state index contributed by atoms with van der Waals surface area (Å²) in [4.78, 5) is 14.3. The van der Waals surface area contributed by atoms with Crippen molar-refractivity contribution in [3.05, 3.63) is 59.9 Å². The third-order valence-electron chi connectivity index (χ3n) is 7.77. The van der Waals surface area contributed by atoms with E-state index >= 15 is 0 Å². The highest BCUT2D eigenvalue weighted by atomic mass is 32.1. The van der Waals surface area contributed by atoms with Crippen molar-refractivity contribution in [2.24, 2.45) is 11.3 Å². The summed E-state index contributed by atoms with van der Waals surface area (Å²) >= 11 is 1.80. The number of rotatable bonds is 4. The molecular formula is C25H30N4S. The van der Waals surface area contributed by atoms with Crippen molar-refractivity contribution in [1.29, 1.82) is 0 Å². The maximum absolute atomic E-state index is 4.83. The first kappa shape index (κ1) is 19.6. The number of benzene rings is 1. The normalized spacial score (nSPS) is 24.2. The van der Waals surface area contributed by atoms with E-state index < -0.39 is 0 Å². The summed E-state index contributed by atoms with van der Waals surface area (Å²) in [6.45, 7) is 9.59. The van der Waals surface area contributed by atoms with Crippen LogP contribution in [-0.4, -0.2) is 16.1 Å². The molecule has 156 valence electrons. The van der Waals surface area contributed by atoms with Gasteiger partial charge in [0.15, 0.2) is 5.82 Å². The molecule has 2 aliphatic heterocycles. The van der Waals surface area contributed by atoms with Gasteiger partial charge in [-0.15, -0.1) is 11.3 Å². The van der Waals surface area contributed by atoms with Crippen LogP contribution in [0.15, 0.2) is 54.3 Å². The van der Waals surface area contributed by atoms with Gasteiger partial charge in [-0.05, 0) is 60.2 Å². The molecule has 5 heteroatoms. The van der Waals surface area contributed by atoms with Crippen LogP contribution < -0.4 is 9.80 Å². The third-order valence-corrected chi connectivity index (χ3v) is 8.64. The molecule has 0 saturated heterocycles. The van der Waals surface area contributed by atoms with Crippen molar-refractivity contribution < 1.29 is 0 Å². The Kier molecular flexibility index (Phi) is 4.81. The van der Waals surface area contributed by atoms with E-state index in [9.17, 15) is 0 Å². The Morgan fingerprint density at radius 3 is 2.50 bits per heavy atom. The fourth-order valence-corrected chi connectivity index (χ4v) is 6.96. The predicted octanol–water partition coefficient (Wildman–Crippen LogP) is 7.10. The van der Waals surface area contributed by atoms with Gasteiger partial charge in [-0.1, -0.05) is 45.9 Å². The minimum absolute atomic E-state index is 0.115. The van der Waals surface area contributed by atoms with Crippen molar-refractivity contribution >= 4 is 33.5 Å². The molecule has 2 aliphatic rings. The second-order valence-corrected chi connectivity index (χ2v) is 9.53. The van der Waals surface area contributed by atoms with Crippen LogP contribution in [0.1, 0.15) is 58.4 Å². The molecule has 3 aromatic rings. The van der Waals surface area contributed by atoms with E-state index in [0.29, 0.717) is 11.8 Å². The lowest BCUT2D eigenvalue weighted by Crippen LogP contribution is -2.53. The second-order valence-electron chi connectivity index (χ2n) is 8.60. The zero-order chi connectivity index (χ0) is 20.9. The lowest BCUT2D eigenvalue weighted by molar-refractivity contribution is 0.102. The van der Waals surface area contributed by atoms with Gasteiger partial charge in [0.2, 0.25) is 0 Å². The van der Waals surface area contributed by atoms with Gasteiger partial charge in [-0.3, -0.25) is 0 Å². The summed E-state index contributed by atoms with van der Waals surface area (Å²) in [6, 6.07) is 13.4. The Hall–Kier alpha value is -2.40.